The molecular weight excluding hydrogens is 266 g/mol. The Balaban J connectivity index is 2.00. The number of fused-ring (bicyclic) bond motifs is 1. The van der Waals surface area contributed by atoms with Crippen molar-refractivity contribution in [2.75, 3.05) is 6.79 Å². The Kier molecular flexibility index (Phi) is 2.70. The highest BCUT2D eigenvalue weighted by atomic mass is 16.7. The lowest BCUT2D eigenvalue weighted by Crippen LogP contribution is -2.38. The second-order valence-corrected chi connectivity index (χ2v) is 4.19. The summed E-state index contributed by atoms with van der Waals surface area (Å²) in [5, 5.41) is 3.80. The zero-order valence-corrected chi connectivity index (χ0v) is 10.8. The Morgan fingerprint density at radius 2 is 1.95 bits per heavy atom. The molecule has 0 bridgehead atoms. The normalized spacial score (nSPS) is 12.5. The molecule has 1 aromatic heterocycles. The quantitative estimate of drug-likeness (QED) is 0.768. The first kappa shape index (κ1) is 12.3. The van der Waals surface area contributed by atoms with Crippen LogP contribution >= 0.6 is 0 Å². The van der Waals surface area contributed by atoms with E-state index in [1.165, 1.54) is 14.1 Å². The number of nitrogens with zero attached hydrogens (tertiary/aromatic N) is 3. The minimum absolute atomic E-state index is 0.151. The van der Waals surface area contributed by atoms with Crippen LogP contribution in [0.2, 0.25) is 0 Å². The van der Waals surface area contributed by atoms with Crippen molar-refractivity contribution in [1.82, 2.24) is 14.3 Å². The minimum Gasteiger partial charge on any atom is -0.454 e. The first-order valence-corrected chi connectivity index (χ1v) is 5.78. The van der Waals surface area contributed by atoms with Crippen LogP contribution in [0.25, 0.3) is 0 Å². The summed E-state index contributed by atoms with van der Waals surface area (Å²) in [5.74, 6) is 1.33. The molecule has 0 saturated carbocycles. The zero-order valence-electron chi connectivity index (χ0n) is 10.8. The SMILES string of the molecule is Cn1nc(Oc2ccc3c(c2)OCO3)c(=O)n(C)c1=O. The molecule has 0 saturated heterocycles. The van der Waals surface area contributed by atoms with Gasteiger partial charge in [-0.1, -0.05) is 0 Å². The molecule has 2 aromatic rings. The predicted octanol–water partition coefficient (Wildman–Crippen LogP) is -0.000000000000000444. The van der Waals surface area contributed by atoms with Crippen LogP contribution in [0.5, 0.6) is 23.1 Å². The van der Waals surface area contributed by atoms with Crippen LogP contribution < -0.4 is 25.5 Å². The van der Waals surface area contributed by atoms with Gasteiger partial charge in [0.1, 0.15) is 5.75 Å². The van der Waals surface area contributed by atoms with Crippen molar-refractivity contribution < 1.29 is 14.2 Å². The van der Waals surface area contributed by atoms with E-state index in [1.54, 1.807) is 18.2 Å². The van der Waals surface area contributed by atoms with Crippen LogP contribution in [0.4, 0.5) is 0 Å². The summed E-state index contributed by atoms with van der Waals surface area (Å²) < 4.78 is 17.8. The third kappa shape index (κ3) is 1.91. The van der Waals surface area contributed by atoms with Crippen LogP contribution in [-0.2, 0) is 14.1 Å². The first-order chi connectivity index (χ1) is 9.56. The molecule has 8 heteroatoms. The van der Waals surface area contributed by atoms with E-state index in [1.807, 2.05) is 0 Å². The van der Waals surface area contributed by atoms with Gasteiger partial charge in [0.05, 0.1) is 0 Å². The highest BCUT2D eigenvalue weighted by Gasteiger charge is 2.16. The molecular formula is C12H11N3O5. The van der Waals surface area contributed by atoms with Crippen molar-refractivity contribution in [3.8, 4) is 23.1 Å². The summed E-state index contributed by atoms with van der Waals surface area (Å²) in [6.07, 6.45) is 0. The summed E-state index contributed by atoms with van der Waals surface area (Å²) in [7, 11) is 2.80. The van der Waals surface area contributed by atoms with Crippen molar-refractivity contribution in [2.24, 2.45) is 14.1 Å². The number of aromatic nitrogens is 3. The Labute approximate surface area is 112 Å². The van der Waals surface area contributed by atoms with Crippen molar-refractivity contribution in [3.63, 3.8) is 0 Å². The van der Waals surface area contributed by atoms with Gasteiger partial charge >= 0.3 is 17.1 Å². The summed E-state index contributed by atoms with van der Waals surface area (Å²) >= 11 is 0. The number of benzene rings is 1. The molecule has 0 spiro atoms. The lowest BCUT2D eigenvalue weighted by atomic mass is 10.3. The molecule has 1 aliphatic rings. The van der Waals surface area contributed by atoms with E-state index in [0.29, 0.717) is 17.2 Å². The standard InChI is InChI=1S/C12H11N3O5/c1-14-11(16)10(13-15(2)12(14)17)20-7-3-4-8-9(5-7)19-6-18-8/h3-5H,6H2,1-2H3. The van der Waals surface area contributed by atoms with Gasteiger partial charge in [0.2, 0.25) is 6.79 Å². The molecule has 0 N–H and O–H groups in total. The smallest absolute Gasteiger partial charge is 0.347 e. The van der Waals surface area contributed by atoms with Crippen molar-refractivity contribution in [3.05, 3.63) is 39.0 Å². The number of hydrogen-bond acceptors (Lipinski definition) is 6. The maximum atomic E-state index is 11.9. The Hall–Kier alpha value is -2.77. The topological polar surface area (TPSA) is 84.6 Å². The summed E-state index contributed by atoms with van der Waals surface area (Å²) in [6.45, 7) is 0.151. The van der Waals surface area contributed by atoms with Gasteiger partial charge in [-0.25, -0.2) is 9.48 Å². The fraction of sp³-hybridized carbons (Fsp3) is 0.250. The Morgan fingerprint density at radius 3 is 2.75 bits per heavy atom. The average Bonchev–Trinajstić information content (AvgIpc) is 2.90. The second kappa shape index (κ2) is 4.41. The molecule has 0 unspecified atom stereocenters. The van der Waals surface area contributed by atoms with Crippen molar-refractivity contribution in [1.29, 1.82) is 0 Å². The van der Waals surface area contributed by atoms with Crippen LogP contribution in [0.15, 0.2) is 27.8 Å². The number of hydrogen-bond donors (Lipinski definition) is 0. The largest absolute Gasteiger partial charge is 0.454 e. The third-order valence-corrected chi connectivity index (χ3v) is 2.85. The summed E-state index contributed by atoms with van der Waals surface area (Å²) in [5.41, 5.74) is -1.13. The Bertz CT molecular complexity index is 793. The van der Waals surface area contributed by atoms with Gasteiger partial charge in [0.25, 0.3) is 0 Å². The molecule has 1 aliphatic heterocycles. The fourth-order valence-corrected chi connectivity index (χ4v) is 1.79. The highest BCUT2D eigenvalue weighted by Crippen LogP contribution is 2.35. The van der Waals surface area contributed by atoms with Gasteiger partial charge in [-0.2, -0.15) is 0 Å². The van der Waals surface area contributed by atoms with Crippen LogP contribution in [-0.4, -0.2) is 21.1 Å². The van der Waals surface area contributed by atoms with Gasteiger partial charge in [0.15, 0.2) is 11.5 Å². The van der Waals surface area contributed by atoms with E-state index < -0.39 is 11.2 Å². The first-order valence-electron chi connectivity index (χ1n) is 5.78. The molecule has 0 atom stereocenters. The predicted molar refractivity (Wildman–Crippen MR) is 67.4 cm³/mol. The van der Waals surface area contributed by atoms with E-state index in [9.17, 15) is 9.59 Å². The van der Waals surface area contributed by atoms with Crippen molar-refractivity contribution in [2.45, 2.75) is 0 Å². The van der Waals surface area contributed by atoms with E-state index in [0.717, 1.165) is 9.25 Å². The van der Waals surface area contributed by atoms with Crippen LogP contribution in [0, 0.1) is 0 Å². The molecule has 3 rings (SSSR count). The number of aryl methyl sites for hydroxylation is 1. The molecule has 8 nitrogen and oxygen atoms in total. The maximum absolute atomic E-state index is 11.9. The van der Waals surface area contributed by atoms with Gasteiger partial charge in [0, 0.05) is 20.2 Å². The van der Waals surface area contributed by atoms with E-state index >= 15 is 0 Å². The summed E-state index contributed by atoms with van der Waals surface area (Å²) in [4.78, 5) is 23.4. The molecule has 20 heavy (non-hydrogen) atoms. The Morgan fingerprint density at radius 1 is 1.20 bits per heavy atom. The van der Waals surface area contributed by atoms with Gasteiger partial charge < -0.3 is 14.2 Å². The molecule has 0 aliphatic carbocycles. The molecule has 0 radical (unpaired) electrons. The number of rotatable bonds is 2. The highest BCUT2D eigenvalue weighted by molar-refractivity contribution is 5.47. The third-order valence-electron chi connectivity index (χ3n) is 2.85. The van der Waals surface area contributed by atoms with E-state index in [2.05, 4.69) is 5.10 Å². The number of ether oxygens (including phenoxy) is 3. The second-order valence-electron chi connectivity index (χ2n) is 4.19. The van der Waals surface area contributed by atoms with Gasteiger partial charge in [-0.15, -0.1) is 5.10 Å². The van der Waals surface area contributed by atoms with Crippen LogP contribution in [0.3, 0.4) is 0 Å². The molecule has 0 fully saturated rings. The molecule has 0 amide bonds. The van der Waals surface area contributed by atoms with Gasteiger partial charge in [-0.3, -0.25) is 9.36 Å². The summed E-state index contributed by atoms with van der Waals surface area (Å²) in [6, 6.07) is 4.89. The minimum atomic E-state index is -0.606. The average molecular weight is 277 g/mol. The van der Waals surface area contributed by atoms with E-state index in [4.69, 9.17) is 14.2 Å². The zero-order chi connectivity index (χ0) is 14.3. The lowest BCUT2D eigenvalue weighted by molar-refractivity contribution is 0.174. The monoisotopic (exact) mass is 277 g/mol. The lowest BCUT2D eigenvalue weighted by Gasteiger charge is -2.07. The van der Waals surface area contributed by atoms with Gasteiger partial charge in [-0.05, 0) is 12.1 Å². The maximum Gasteiger partial charge on any atom is 0.347 e. The fourth-order valence-electron chi connectivity index (χ4n) is 1.79. The molecule has 1 aromatic carbocycles. The van der Waals surface area contributed by atoms with Crippen molar-refractivity contribution >= 4 is 0 Å². The van der Waals surface area contributed by atoms with E-state index in [-0.39, 0.29) is 12.7 Å². The molecule has 2 heterocycles. The molecule has 104 valence electrons. The van der Waals surface area contributed by atoms with Crippen LogP contribution in [0.1, 0.15) is 0 Å².